The quantitative estimate of drug-likeness (QED) is 0.149. The van der Waals surface area contributed by atoms with E-state index in [0.29, 0.717) is 12.1 Å². The number of aliphatic hydroxyl groups is 1. The van der Waals surface area contributed by atoms with Crippen molar-refractivity contribution >= 4 is 37.5 Å². The SMILES string of the molecule is C=N[C@]1(C)[C@H](O)[C@@H](COP(=O)(N[C@@H](C)C(=O)OCC)Oc2ccccc2)O[C@H]1n1cnc2c(OCC)nc(N)nc21. The number of imidazole rings is 1. The Kier molecular flexibility index (Phi) is 9.24. The molecule has 6 atom stereocenters. The van der Waals surface area contributed by atoms with Crippen LogP contribution < -0.4 is 20.1 Å². The highest BCUT2D eigenvalue weighted by molar-refractivity contribution is 7.52. The maximum atomic E-state index is 13.8. The molecule has 3 heterocycles. The number of hydrogen-bond donors (Lipinski definition) is 3. The van der Waals surface area contributed by atoms with Crippen LogP contribution in [0.2, 0.25) is 0 Å². The van der Waals surface area contributed by atoms with E-state index in [1.165, 1.54) is 17.8 Å². The molecule has 1 aliphatic heterocycles. The van der Waals surface area contributed by atoms with Gasteiger partial charge in [0.1, 0.15) is 29.5 Å². The van der Waals surface area contributed by atoms with Crippen molar-refractivity contribution in [2.75, 3.05) is 25.6 Å². The summed E-state index contributed by atoms with van der Waals surface area (Å²) in [6, 6.07) is 7.26. The van der Waals surface area contributed by atoms with Crippen molar-refractivity contribution in [2.45, 2.75) is 57.7 Å². The third-order valence-corrected chi connectivity index (χ3v) is 8.05. The molecule has 2 aromatic heterocycles. The number of rotatable bonds is 13. The summed E-state index contributed by atoms with van der Waals surface area (Å²) in [6.45, 7) is 10.3. The number of aliphatic hydroxyl groups excluding tert-OH is 1. The molecule has 4 rings (SSSR count). The van der Waals surface area contributed by atoms with Crippen LogP contribution in [0.15, 0.2) is 41.7 Å². The second-order valence-electron chi connectivity index (χ2n) is 9.30. The first-order valence-electron chi connectivity index (χ1n) is 12.9. The number of benzene rings is 1. The Morgan fingerprint density at radius 2 is 2.05 bits per heavy atom. The molecule has 15 nitrogen and oxygen atoms in total. The molecule has 0 spiro atoms. The molecule has 3 aromatic rings. The van der Waals surface area contributed by atoms with Gasteiger partial charge in [-0.15, -0.1) is 0 Å². The number of esters is 1. The zero-order valence-electron chi connectivity index (χ0n) is 23.2. The molecule has 4 N–H and O–H groups in total. The molecule has 1 aromatic carbocycles. The minimum absolute atomic E-state index is 0.0461. The van der Waals surface area contributed by atoms with E-state index in [9.17, 15) is 14.5 Å². The van der Waals surface area contributed by atoms with Crippen LogP contribution in [-0.2, 0) is 23.4 Å². The van der Waals surface area contributed by atoms with Gasteiger partial charge in [-0.2, -0.15) is 15.1 Å². The van der Waals surface area contributed by atoms with E-state index in [1.54, 1.807) is 51.1 Å². The van der Waals surface area contributed by atoms with Crippen molar-refractivity contribution in [3.8, 4) is 11.6 Å². The minimum atomic E-state index is -4.20. The topological polar surface area (TPSA) is 195 Å². The van der Waals surface area contributed by atoms with Crippen molar-refractivity contribution < 1.29 is 37.7 Å². The molecule has 0 amide bonds. The van der Waals surface area contributed by atoms with Crippen LogP contribution in [0.25, 0.3) is 11.2 Å². The van der Waals surface area contributed by atoms with Crippen LogP contribution in [-0.4, -0.2) is 80.9 Å². The van der Waals surface area contributed by atoms with Crippen molar-refractivity contribution in [1.82, 2.24) is 24.6 Å². The number of hydrogen-bond acceptors (Lipinski definition) is 13. The Hall–Kier alpha value is -3.62. The number of aliphatic imine (C=N–C) groups is 1. The number of nitrogens with zero attached hydrogens (tertiary/aromatic N) is 5. The fourth-order valence-electron chi connectivity index (χ4n) is 4.30. The average molecular weight is 592 g/mol. The number of aromatic nitrogens is 4. The Morgan fingerprint density at radius 3 is 2.71 bits per heavy atom. The van der Waals surface area contributed by atoms with Crippen molar-refractivity contribution in [2.24, 2.45) is 4.99 Å². The van der Waals surface area contributed by atoms with Crippen LogP contribution >= 0.6 is 7.75 Å². The molecule has 1 saturated heterocycles. The largest absolute Gasteiger partial charge is 0.476 e. The van der Waals surface area contributed by atoms with Gasteiger partial charge in [-0.05, 0) is 46.5 Å². The third-order valence-electron chi connectivity index (χ3n) is 6.41. The van der Waals surface area contributed by atoms with Gasteiger partial charge in [0.25, 0.3) is 0 Å². The molecule has 222 valence electrons. The summed E-state index contributed by atoms with van der Waals surface area (Å²) in [5.74, 6) is -0.264. The second-order valence-corrected chi connectivity index (χ2v) is 11.0. The standard InChI is InChI=1S/C25H34N7O8P/c1-6-36-21-18-20(29-24(26)30-21)32(14-28-18)23-25(4,27-5)19(33)17(39-23)13-38-41(35,31-15(3)22(34)37-7-2)40-16-11-9-8-10-12-16/h8-12,14-15,17,19,23,33H,5-7,13H2,1-4H3,(H,31,35)(H2,26,29,30)/t15-,17+,19+,23+,25+,41?/m0/s1. The van der Waals surface area contributed by atoms with Gasteiger partial charge in [-0.1, -0.05) is 18.2 Å². The lowest BCUT2D eigenvalue weighted by Crippen LogP contribution is -2.43. The van der Waals surface area contributed by atoms with Gasteiger partial charge in [0.2, 0.25) is 11.8 Å². The average Bonchev–Trinajstić information content (AvgIpc) is 3.46. The number of nitrogens with two attached hydrogens (primary N) is 1. The molecule has 0 radical (unpaired) electrons. The van der Waals surface area contributed by atoms with Crippen molar-refractivity contribution in [3.05, 3.63) is 36.7 Å². The summed E-state index contributed by atoms with van der Waals surface area (Å²) in [4.78, 5) is 29.1. The normalized spacial score (nSPS) is 24.5. The molecule has 1 aliphatic rings. The number of ether oxygens (including phenoxy) is 3. The Bertz CT molecular complexity index is 1420. The fraction of sp³-hybridized carbons (Fsp3) is 0.480. The first-order chi connectivity index (χ1) is 19.5. The monoisotopic (exact) mass is 591 g/mol. The lowest BCUT2D eigenvalue weighted by atomic mass is 9.93. The predicted octanol–water partition coefficient (Wildman–Crippen LogP) is 2.27. The maximum absolute atomic E-state index is 13.8. The summed E-state index contributed by atoms with van der Waals surface area (Å²) in [6.07, 6.45) is -1.87. The van der Waals surface area contributed by atoms with Crippen LogP contribution in [0.4, 0.5) is 5.95 Å². The van der Waals surface area contributed by atoms with Gasteiger partial charge >= 0.3 is 13.7 Å². The summed E-state index contributed by atoms with van der Waals surface area (Å²) in [5, 5.41) is 13.9. The van der Waals surface area contributed by atoms with Crippen LogP contribution in [0, 0.1) is 0 Å². The van der Waals surface area contributed by atoms with Crippen molar-refractivity contribution in [3.63, 3.8) is 0 Å². The number of carbonyl (C=O) groups is 1. The number of fused-ring (bicyclic) bond motifs is 1. The smallest absolute Gasteiger partial charge is 0.459 e. The highest BCUT2D eigenvalue weighted by Crippen LogP contribution is 2.48. The predicted molar refractivity (Wildman–Crippen MR) is 149 cm³/mol. The molecule has 0 aliphatic carbocycles. The van der Waals surface area contributed by atoms with E-state index >= 15 is 0 Å². The first-order valence-corrected chi connectivity index (χ1v) is 14.5. The van der Waals surface area contributed by atoms with E-state index < -0.39 is 50.3 Å². The van der Waals surface area contributed by atoms with E-state index in [-0.39, 0.29) is 29.8 Å². The molecular weight excluding hydrogens is 557 g/mol. The highest BCUT2D eigenvalue weighted by Gasteiger charge is 2.55. The summed E-state index contributed by atoms with van der Waals surface area (Å²) in [7, 11) is -4.20. The van der Waals surface area contributed by atoms with Crippen molar-refractivity contribution in [1.29, 1.82) is 0 Å². The number of carbonyl (C=O) groups excluding carboxylic acids is 1. The van der Waals surface area contributed by atoms with Gasteiger partial charge in [0.15, 0.2) is 17.4 Å². The zero-order valence-corrected chi connectivity index (χ0v) is 24.1. The third kappa shape index (κ3) is 6.34. The van der Waals surface area contributed by atoms with E-state index in [1.807, 2.05) is 0 Å². The van der Waals surface area contributed by atoms with Gasteiger partial charge < -0.3 is 29.6 Å². The number of para-hydroxylation sites is 1. The van der Waals surface area contributed by atoms with Crippen LogP contribution in [0.1, 0.15) is 33.9 Å². The molecule has 0 saturated carbocycles. The Morgan fingerprint density at radius 1 is 1.32 bits per heavy atom. The second kappa shape index (κ2) is 12.5. The maximum Gasteiger partial charge on any atom is 0.459 e. The molecule has 1 fully saturated rings. The molecule has 1 unspecified atom stereocenters. The Balaban J connectivity index is 1.60. The number of nitrogen functional groups attached to an aromatic ring is 1. The van der Waals surface area contributed by atoms with E-state index in [2.05, 4.69) is 31.7 Å². The molecule has 41 heavy (non-hydrogen) atoms. The van der Waals surface area contributed by atoms with Crippen LogP contribution in [0.5, 0.6) is 11.6 Å². The highest BCUT2D eigenvalue weighted by atomic mass is 31.2. The van der Waals surface area contributed by atoms with Gasteiger partial charge in [-0.25, -0.2) is 9.55 Å². The summed E-state index contributed by atoms with van der Waals surface area (Å²) in [5.41, 5.74) is 5.21. The lowest BCUT2D eigenvalue weighted by molar-refractivity contribution is -0.144. The summed E-state index contributed by atoms with van der Waals surface area (Å²) >= 11 is 0. The first kappa shape index (κ1) is 30.3. The van der Waals surface area contributed by atoms with E-state index in [0.717, 1.165) is 0 Å². The molecule has 16 heteroatoms. The van der Waals surface area contributed by atoms with Gasteiger partial charge in [-0.3, -0.25) is 18.9 Å². The molecular formula is C25H34N7O8P. The number of anilines is 1. The van der Waals surface area contributed by atoms with Gasteiger partial charge in [0, 0.05) is 0 Å². The van der Waals surface area contributed by atoms with Crippen LogP contribution in [0.3, 0.4) is 0 Å². The Labute approximate surface area is 236 Å². The zero-order chi connectivity index (χ0) is 29.8. The van der Waals surface area contributed by atoms with E-state index in [4.69, 9.17) is 29.0 Å². The number of nitrogens with one attached hydrogen (secondary N) is 1. The summed E-state index contributed by atoms with van der Waals surface area (Å²) < 4.78 is 43.5. The fourth-order valence-corrected chi connectivity index (χ4v) is 5.81. The molecule has 0 bridgehead atoms. The minimum Gasteiger partial charge on any atom is -0.476 e. The van der Waals surface area contributed by atoms with Gasteiger partial charge in [0.05, 0.1) is 26.1 Å². The lowest BCUT2D eigenvalue weighted by Gasteiger charge is -2.28.